The zero-order valence-corrected chi connectivity index (χ0v) is 11.5. The molecule has 0 spiro atoms. The van der Waals surface area contributed by atoms with Crippen molar-refractivity contribution in [1.29, 1.82) is 5.26 Å². The van der Waals surface area contributed by atoms with Crippen LogP contribution in [0, 0.1) is 21.4 Å². The molecule has 0 unspecified atom stereocenters. The van der Waals surface area contributed by atoms with Gasteiger partial charge in [0.05, 0.1) is 4.92 Å². The summed E-state index contributed by atoms with van der Waals surface area (Å²) in [7, 11) is 1.85. The second-order valence-electron chi connectivity index (χ2n) is 5.22. The molecule has 1 aliphatic carbocycles. The fraction of sp³-hybridized carbons (Fsp3) is 0.500. The lowest BCUT2D eigenvalue weighted by atomic mass is 9.90. The van der Waals surface area contributed by atoms with Gasteiger partial charge in [-0.15, -0.1) is 0 Å². The van der Waals surface area contributed by atoms with Crippen molar-refractivity contribution in [3.8, 4) is 6.07 Å². The highest BCUT2D eigenvalue weighted by molar-refractivity contribution is 5.69. The van der Waals surface area contributed by atoms with E-state index >= 15 is 0 Å². The first-order valence-corrected chi connectivity index (χ1v) is 6.70. The standard InChI is InChI=1S/C14H18N4O2/c1-17(12-7-5-11(16)6-8-12)13-4-2-3-10(9-15)14(13)18(19)20/h2-4,11-12H,5-8,16H2,1H3. The molecule has 0 atom stereocenters. The summed E-state index contributed by atoms with van der Waals surface area (Å²) in [5, 5.41) is 20.3. The number of hydrogen-bond acceptors (Lipinski definition) is 5. The highest BCUT2D eigenvalue weighted by Gasteiger charge is 2.28. The third-order valence-electron chi connectivity index (χ3n) is 3.99. The van der Waals surface area contributed by atoms with E-state index in [-0.39, 0.29) is 23.3 Å². The Balaban J connectivity index is 2.32. The SMILES string of the molecule is CN(c1cccc(C#N)c1[N+](=O)[O-])C1CCC(N)CC1. The van der Waals surface area contributed by atoms with Crippen molar-refractivity contribution in [2.24, 2.45) is 5.73 Å². The Kier molecular flexibility index (Phi) is 4.20. The monoisotopic (exact) mass is 274 g/mol. The predicted molar refractivity (Wildman–Crippen MR) is 76.4 cm³/mol. The van der Waals surface area contributed by atoms with Crippen LogP contribution in [0.3, 0.4) is 0 Å². The quantitative estimate of drug-likeness (QED) is 0.673. The minimum Gasteiger partial charge on any atom is -0.366 e. The second kappa shape index (κ2) is 5.88. The molecule has 0 aromatic heterocycles. The highest BCUT2D eigenvalue weighted by Crippen LogP contribution is 2.34. The lowest BCUT2D eigenvalue weighted by Gasteiger charge is -2.34. The lowest BCUT2D eigenvalue weighted by molar-refractivity contribution is -0.384. The minimum absolute atomic E-state index is 0.104. The Labute approximate surface area is 117 Å². The van der Waals surface area contributed by atoms with E-state index in [9.17, 15) is 10.1 Å². The van der Waals surface area contributed by atoms with Crippen molar-refractivity contribution in [1.82, 2.24) is 0 Å². The molecule has 0 aliphatic heterocycles. The average Bonchev–Trinajstić information content (AvgIpc) is 2.46. The Morgan fingerprint density at radius 3 is 2.60 bits per heavy atom. The maximum Gasteiger partial charge on any atom is 0.310 e. The molecule has 2 rings (SSSR count). The molecule has 1 saturated carbocycles. The molecule has 1 aromatic carbocycles. The normalized spacial score (nSPS) is 22.1. The van der Waals surface area contributed by atoms with Gasteiger partial charge in [-0.2, -0.15) is 5.26 Å². The van der Waals surface area contributed by atoms with E-state index in [0.29, 0.717) is 5.69 Å². The van der Waals surface area contributed by atoms with Gasteiger partial charge in [-0.3, -0.25) is 10.1 Å². The summed E-state index contributed by atoms with van der Waals surface area (Å²) in [5.41, 5.74) is 6.40. The van der Waals surface area contributed by atoms with E-state index in [1.807, 2.05) is 18.0 Å². The van der Waals surface area contributed by atoms with E-state index in [4.69, 9.17) is 11.0 Å². The van der Waals surface area contributed by atoms with Gasteiger partial charge in [0.1, 0.15) is 17.3 Å². The molecular weight excluding hydrogens is 256 g/mol. The highest BCUT2D eigenvalue weighted by atomic mass is 16.6. The third-order valence-corrected chi connectivity index (χ3v) is 3.99. The maximum absolute atomic E-state index is 11.2. The van der Waals surface area contributed by atoms with Crippen LogP contribution in [0.2, 0.25) is 0 Å². The second-order valence-corrected chi connectivity index (χ2v) is 5.22. The van der Waals surface area contributed by atoms with Crippen LogP contribution in [0.5, 0.6) is 0 Å². The van der Waals surface area contributed by atoms with Crippen molar-refractivity contribution in [3.05, 3.63) is 33.9 Å². The largest absolute Gasteiger partial charge is 0.366 e. The van der Waals surface area contributed by atoms with Crippen LogP contribution >= 0.6 is 0 Å². The van der Waals surface area contributed by atoms with E-state index in [0.717, 1.165) is 25.7 Å². The van der Waals surface area contributed by atoms with Crippen LogP contribution in [0.4, 0.5) is 11.4 Å². The Hall–Kier alpha value is -2.13. The number of nitrogens with two attached hydrogens (primary N) is 1. The van der Waals surface area contributed by atoms with Crippen molar-refractivity contribution in [3.63, 3.8) is 0 Å². The summed E-state index contributed by atoms with van der Waals surface area (Å²) in [6, 6.07) is 7.24. The Bertz CT molecular complexity index is 545. The van der Waals surface area contributed by atoms with E-state index in [1.54, 1.807) is 12.1 Å². The minimum atomic E-state index is -0.473. The molecule has 0 radical (unpaired) electrons. The van der Waals surface area contributed by atoms with Gasteiger partial charge in [-0.1, -0.05) is 6.07 Å². The van der Waals surface area contributed by atoms with Gasteiger partial charge in [0.25, 0.3) is 0 Å². The van der Waals surface area contributed by atoms with Crippen LogP contribution in [0.1, 0.15) is 31.2 Å². The van der Waals surface area contributed by atoms with Crippen LogP contribution in [0.25, 0.3) is 0 Å². The van der Waals surface area contributed by atoms with Crippen LogP contribution in [-0.2, 0) is 0 Å². The summed E-state index contributed by atoms with van der Waals surface area (Å²) in [5.74, 6) is 0. The summed E-state index contributed by atoms with van der Waals surface area (Å²) < 4.78 is 0. The number of anilines is 1. The van der Waals surface area contributed by atoms with Crippen molar-refractivity contribution in [2.75, 3.05) is 11.9 Å². The molecule has 6 heteroatoms. The molecule has 1 fully saturated rings. The molecule has 106 valence electrons. The zero-order valence-electron chi connectivity index (χ0n) is 11.5. The molecule has 0 amide bonds. The zero-order chi connectivity index (χ0) is 14.7. The smallest absolute Gasteiger partial charge is 0.310 e. The maximum atomic E-state index is 11.2. The number of nitriles is 1. The number of rotatable bonds is 3. The molecule has 0 bridgehead atoms. The first kappa shape index (κ1) is 14.3. The lowest BCUT2D eigenvalue weighted by Crippen LogP contribution is -2.39. The van der Waals surface area contributed by atoms with Gasteiger partial charge in [-0.05, 0) is 37.8 Å². The first-order chi connectivity index (χ1) is 9.54. The molecule has 6 nitrogen and oxygen atoms in total. The van der Waals surface area contributed by atoms with Gasteiger partial charge in [0.15, 0.2) is 0 Å². The number of benzene rings is 1. The van der Waals surface area contributed by atoms with Gasteiger partial charge >= 0.3 is 5.69 Å². The summed E-state index contributed by atoms with van der Waals surface area (Å²) in [4.78, 5) is 12.7. The molecular formula is C14H18N4O2. The van der Waals surface area contributed by atoms with Crippen molar-refractivity contribution >= 4 is 11.4 Å². The van der Waals surface area contributed by atoms with Gasteiger partial charge in [0.2, 0.25) is 0 Å². The number of para-hydroxylation sites is 1. The molecule has 1 aromatic rings. The summed E-state index contributed by atoms with van der Waals surface area (Å²) in [6.07, 6.45) is 3.71. The average molecular weight is 274 g/mol. The molecule has 1 aliphatic rings. The Morgan fingerprint density at radius 1 is 1.40 bits per heavy atom. The third kappa shape index (κ3) is 2.73. The number of hydrogen-bond donors (Lipinski definition) is 1. The molecule has 0 heterocycles. The van der Waals surface area contributed by atoms with Crippen molar-refractivity contribution in [2.45, 2.75) is 37.8 Å². The number of nitro benzene ring substituents is 1. The van der Waals surface area contributed by atoms with E-state index < -0.39 is 4.92 Å². The fourth-order valence-corrected chi connectivity index (χ4v) is 2.78. The van der Waals surface area contributed by atoms with Crippen LogP contribution < -0.4 is 10.6 Å². The fourth-order valence-electron chi connectivity index (χ4n) is 2.78. The number of nitro groups is 1. The summed E-state index contributed by atoms with van der Waals surface area (Å²) in [6.45, 7) is 0. The molecule has 0 saturated heterocycles. The van der Waals surface area contributed by atoms with Gasteiger partial charge in [-0.25, -0.2) is 0 Å². The van der Waals surface area contributed by atoms with Crippen LogP contribution in [0.15, 0.2) is 18.2 Å². The predicted octanol–water partition coefficient (Wildman–Crippen LogP) is 2.17. The van der Waals surface area contributed by atoms with Crippen molar-refractivity contribution < 1.29 is 4.92 Å². The molecule has 2 N–H and O–H groups in total. The van der Waals surface area contributed by atoms with Gasteiger partial charge < -0.3 is 10.6 Å². The van der Waals surface area contributed by atoms with E-state index in [2.05, 4.69) is 0 Å². The van der Waals surface area contributed by atoms with E-state index in [1.165, 1.54) is 6.07 Å². The Morgan fingerprint density at radius 2 is 2.05 bits per heavy atom. The van der Waals surface area contributed by atoms with Gasteiger partial charge in [0, 0.05) is 19.1 Å². The number of nitrogens with zero attached hydrogens (tertiary/aromatic N) is 3. The molecule has 20 heavy (non-hydrogen) atoms. The summed E-state index contributed by atoms with van der Waals surface area (Å²) >= 11 is 0. The first-order valence-electron chi connectivity index (χ1n) is 6.70. The van der Waals surface area contributed by atoms with Crippen LogP contribution in [-0.4, -0.2) is 24.1 Å². The topological polar surface area (TPSA) is 96.2 Å².